The van der Waals surface area contributed by atoms with Crippen molar-refractivity contribution >= 4 is 0 Å². The third kappa shape index (κ3) is 1.99. The van der Waals surface area contributed by atoms with E-state index >= 15 is 0 Å². The molecule has 1 heteroatoms. The van der Waals surface area contributed by atoms with Gasteiger partial charge in [-0.15, -0.1) is 0 Å². The molecule has 2 saturated carbocycles. The van der Waals surface area contributed by atoms with Crippen LogP contribution in [0.4, 0.5) is 0 Å². The molecule has 0 aromatic carbocycles. The average Bonchev–Trinajstić information content (AvgIpc) is 2.59. The van der Waals surface area contributed by atoms with Crippen LogP contribution in [0, 0.1) is 23.7 Å². The molecule has 2 aliphatic rings. The fraction of sp³-hybridized carbons (Fsp3) is 0.857. The van der Waals surface area contributed by atoms with Crippen LogP contribution in [0.15, 0.2) is 11.6 Å². The van der Waals surface area contributed by atoms with Gasteiger partial charge in [-0.05, 0) is 70.6 Å². The Balaban J connectivity index is 2.24. The maximum atomic E-state index is 10.3. The first-order valence-corrected chi connectivity index (χ1v) is 6.27. The Morgan fingerprint density at radius 3 is 2.33 bits per heavy atom. The van der Waals surface area contributed by atoms with E-state index in [2.05, 4.69) is 19.9 Å². The van der Waals surface area contributed by atoms with Crippen LogP contribution in [0.5, 0.6) is 0 Å². The van der Waals surface area contributed by atoms with Crippen molar-refractivity contribution in [3.05, 3.63) is 11.6 Å². The van der Waals surface area contributed by atoms with E-state index in [1.165, 1.54) is 24.8 Å². The molecule has 2 aliphatic carbocycles. The van der Waals surface area contributed by atoms with E-state index in [0.29, 0.717) is 11.8 Å². The molecule has 0 spiro atoms. The summed E-state index contributed by atoms with van der Waals surface area (Å²) >= 11 is 0. The highest BCUT2D eigenvalue weighted by molar-refractivity contribution is 5.11. The fourth-order valence-electron chi connectivity index (χ4n) is 4.01. The molecule has 2 bridgehead atoms. The molecule has 0 saturated heterocycles. The van der Waals surface area contributed by atoms with E-state index in [1.807, 2.05) is 13.8 Å². The van der Waals surface area contributed by atoms with Gasteiger partial charge in [-0.25, -0.2) is 0 Å². The highest BCUT2D eigenvalue weighted by atomic mass is 16.3. The van der Waals surface area contributed by atoms with E-state index in [4.69, 9.17) is 0 Å². The number of hydrogen-bond acceptors (Lipinski definition) is 1. The lowest BCUT2D eigenvalue weighted by molar-refractivity contribution is -0.0240. The summed E-state index contributed by atoms with van der Waals surface area (Å²) < 4.78 is 0. The van der Waals surface area contributed by atoms with Crippen LogP contribution in [0.2, 0.25) is 0 Å². The van der Waals surface area contributed by atoms with Crippen molar-refractivity contribution in [2.24, 2.45) is 23.7 Å². The molecule has 0 aromatic rings. The molecule has 0 amide bonds. The number of aliphatic hydroxyl groups is 1. The first kappa shape index (κ1) is 11.2. The molecule has 0 unspecified atom stereocenters. The van der Waals surface area contributed by atoms with Crippen LogP contribution in [-0.4, -0.2) is 10.7 Å². The predicted molar refractivity (Wildman–Crippen MR) is 63.5 cm³/mol. The minimum absolute atomic E-state index is 0.492. The lowest BCUT2D eigenvalue weighted by atomic mass is 9.71. The molecule has 15 heavy (non-hydrogen) atoms. The SMILES string of the molecule is CC(C)=C[C@H]1[C@@H]2CC[C@@H](C2)[C@@H]1C(C)(C)O. The zero-order chi connectivity index (χ0) is 11.2. The summed E-state index contributed by atoms with van der Waals surface area (Å²) in [5, 5.41) is 10.3. The van der Waals surface area contributed by atoms with Gasteiger partial charge in [0.25, 0.3) is 0 Å². The number of hydrogen-bond donors (Lipinski definition) is 1. The Morgan fingerprint density at radius 1 is 1.20 bits per heavy atom. The van der Waals surface area contributed by atoms with Crippen molar-refractivity contribution in [2.45, 2.75) is 52.6 Å². The van der Waals surface area contributed by atoms with Gasteiger partial charge in [0.15, 0.2) is 0 Å². The zero-order valence-electron chi connectivity index (χ0n) is 10.5. The largest absolute Gasteiger partial charge is 0.390 e. The van der Waals surface area contributed by atoms with Gasteiger partial charge in [0.05, 0.1) is 5.60 Å². The second-order valence-corrected chi connectivity index (χ2v) is 6.33. The van der Waals surface area contributed by atoms with Crippen molar-refractivity contribution in [2.75, 3.05) is 0 Å². The Hall–Kier alpha value is -0.300. The maximum Gasteiger partial charge on any atom is 0.0628 e. The van der Waals surface area contributed by atoms with Gasteiger partial charge in [-0.1, -0.05) is 11.6 Å². The van der Waals surface area contributed by atoms with Gasteiger partial charge in [-0.2, -0.15) is 0 Å². The van der Waals surface area contributed by atoms with Crippen LogP contribution in [0.3, 0.4) is 0 Å². The Morgan fingerprint density at radius 2 is 1.80 bits per heavy atom. The second kappa shape index (κ2) is 3.62. The maximum absolute atomic E-state index is 10.3. The summed E-state index contributed by atoms with van der Waals surface area (Å²) in [5.74, 6) is 2.75. The summed E-state index contributed by atoms with van der Waals surface area (Å²) in [4.78, 5) is 0. The number of allylic oxidation sites excluding steroid dienone is 2. The van der Waals surface area contributed by atoms with Gasteiger partial charge >= 0.3 is 0 Å². The van der Waals surface area contributed by atoms with Gasteiger partial charge in [0, 0.05) is 0 Å². The number of fused-ring (bicyclic) bond motifs is 2. The minimum atomic E-state index is -0.504. The van der Waals surface area contributed by atoms with Gasteiger partial charge < -0.3 is 5.11 Å². The molecular formula is C14H24O. The predicted octanol–water partition coefficient (Wildman–Crippen LogP) is 3.39. The lowest BCUT2D eigenvalue weighted by Crippen LogP contribution is -2.39. The first-order chi connectivity index (χ1) is 6.89. The topological polar surface area (TPSA) is 20.2 Å². The van der Waals surface area contributed by atoms with Crippen LogP contribution in [0.1, 0.15) is 47.0 Å². The van der Waals surface area contributed by atoms with Crippen LogP contribution in [0.25, 0.3) is 0 Å². The number of rotatable bonds is 2. The van der Waals surface area contributed by atoms with Crippen LogP contribution in [-0.2, 0) is 0 Å². The molecule has 1 nitrogen and oxygen atoms in total. The average molecular weight is 208 g/mol. The Labute approximate surface area is 93.6 Å². The molecular weight excluding hydrogens is 184 g/mol. The molecule has 0 heterocycles. The zero-order valence-corrected chi connectivity index (χ0v) is 10.5. The molecule has 0 radical (unpaired) electrons. The highest BCUT2D eigenvalue weighted by Crippen LogP contribution is 2.56. The van der Waals surface area contributed by atoms with Crippen molar-refractivity contribution in [1.82, 2.24) is 0 Å². The summed E-state index contributed by atoms with van der Waals surface area (Å²) in [5.41, 5.74) is 0.901. The lowest BCUT2D eigenvalue weighted by Gasteiger charge is -2.38. The van der Waals surface area contributed by atoms with Crippen LogP contribution < -0.4 is 0 Å². The van der Waals surface area contributed by atoms with E-state index in [1.54, 1.807) is 0 Å². The normalized spacial score (nSPS) is 39.5. The van der Waals surface area contributed by atoms with Crippen molar-refractivity contribution in [3.8, 4) is 0 Å². The molecule has 0 aromatic heterocycles. The Bertz CT molecular complexity index is 268. The molecule has 2 fully saturated rings. The highest BCUT2D eigenvalue weighted by Gasteiger charge is 2.51. The second-order valence-electron chi connectivity index (χ2n) is 6.33. The van der Waals surface area contributed by atoms with E-state index in [0.717, 1.165) is 11.8 Å². The summed E-state index contributed by atoms with van der Waals surface area (Å²) in [7, 11) is 0. The van der Waals surface area contributed by atoms with Gasteiger partial charge in [0.1, 0.15) is 0 Å². The molecule has 2 rings (SSSR count). The van der Waals surface area contributed by atoms with Crippen LogP contribution >= 0.6 is 0 Å². The quantitative estimate of drug-likeness (QED) is 0.690. The third-order valence-electron chi connectivity index (χ3n) is 4.32. The molecule has 86 valence electrons. The van der Waals surface area contributed by atoms with E-state index in [-0.39, 0.29) is 0 Å². The van der Waals surface area contributed by atoms with Gasteiger partial charge in [-0.3, -0.25) is 0 Å². The summed E-state index contributed by atoms with van der Waals surface area (Å²) in [6, 6.07) is 0. The first-order valence-electron chi connectivity index (χ1n) is 6.27. The van der Waals surface area contributed by atoms with Crippen molar-refractivity contribution in [3.63, 3.8) is 0 Å². The molecule has 0 aliphatic heterocycles. The van der Waals surface area contributed by atoms with E-state index < -0.39 is 5.60 Å². The monoisotopic (exact) mass is 208 g/mol. The van der Waals surface area contributed by atoms with Crippen molar-refractivity contribution < 1.29 is 5.11 Å². The molecule has 1 N–H and O–H groups in total. The smallest absolute Gasteiger partial charge is 0.0628 e. The standard InChI is InChI=1S/C14H24O/c1-9(2)7-12-10-5-6-11(8-10)13(12)14(3,4)15/h7,10-13,15H,5-6,8H2,1-4H3/t10-,11+,12+,13+/m1/s1. The minimum Gasteiger partial charge on any atom is -0.390 e. The third-order valence-corrected chi connectivity index (χ3v) is 4.32. The summed E-state index contributed by atoms with van der Waals surface area (Å²) in [6.45, 7) is 8.33. The van der Waals surface area contributed by atoms with E-state index in [9.17, 15) is 5.11 Å². The van der Waals surface area contributed by atoms with Gasteiger partial charge in [0.2, 0.25) is 0 Å². The molecule has 4 atom stereocenters. The summed E-state index contributed by atoms with van der Waals surface area (Å²) in [6.07, 6.45) is 6.48. The van der Waals surface area contributed by atoms with Crippen molar-refractivity contribution in [1.29, 1.82) is 0 Å². The Kier molecular flexibility index (Phi) is 2.70. The fourth-order valence-corrected chi connectivity index (χ4v) is 4.01.